The maximum Gasteiger partial charge on any atom is 0.411 e. The average Bonchev–Trinajstić information content (AvgIpc) is 2.89. The molecule has 1 saturated carbocycles. The third-order valence-electron chi connectivity index (χ3n) is 3.14. The van der Waals surface area contributed by atoms with E-state index in [4.69, 9.17) is 0 Å². The first kappa shape index (κ1) is 11.2. The summed E-state index contributed by atoms with van der Waals surface area (Å²) >= 11 is 3.12. The average molecular weight is 286 g/mol. The van der Waals surface area contributed by atoms with E-state index in [1.165, 1.54) is 0 Å². The van der Waals surface area contributed by atoms with Crippen LogP contribution in [0.3, 0.4) is 0 Å². The first-order valence-electron chi connectivity index (χ1n) is 4.91. The number of hydrogen-bond acceptors (Lipinski definition) is 1. The Bertz CT molecular complexity index is 288. The summed E-state index contributed by atoms with van der Waals surface area (Å²) in [4.78, 5) is 12.2. The van der Waals surface area contributed by atoms with Crippen LogP contribution in [0.15, 0.2) is 0 Å². The monoisotopic (exact) mass is 285 g/mol. The van der Waals surface area contributed by atoms with Crippen LogP contribution in [-0.2, 0) is 4.79 Å². The SMILES string of the molecule is O=C1C(Br)CCCN1C1(C(F)(F)F)CC1. The Balaban J connectivity index is 2.20. The molecule has 1 aliphatic carbocycles. The van der Waals surface area contributed by atoms with Gasteiger partial charge in [-0.05, 0) is 25.7 Å². The molecule has 1 unspecified atom stereocenters. The highest BCUT2D eigenvalue weighted by Gasteiger charge is 2.68. The zero-order valence-electron chi connectivity index (χ0n) is 7.98. The minimum absolute atomic E-state index is 0.0575. The Kier molecular flexibility index (Phi) is 2.52. The van der Waals surface area contributed by atoms with E-state index >= 15 is 0 Å². The lowest BCUT2D eigenvalue weighted by Gasteiger charge is -2.37. The van der Waals surface area contributed by atoms with Crippen LogP contribution in [0.4, 0.5) is 13.2 Å². The van der Waals surface area contributed by atoms with Crippen LogP contribution in [0.5, 0.6) is 0 Å². The molecule has 0 radical (unpaired) electrons. The highest BCUT2D eigenvalue weighted by molar-refractivity contribution is 9.10. The summed E-state index contributed by atoms with van der Waals surface area (Å²) in [5, 5.41) is 0. The van der Waals surface area contributed by atoms with Gasteiger partial charge < -0.3 is 4.90 Å². The number of carbonyl (C=O) groups is 1. The van der Waals surface area contributed by atoms with Gasteiger partial charge in [0.15, 0.2) is 0 Å². The molecule has 2 fully saturated rings. The second-order valence-electron chi connectivity index (χ2n) is 4.13. The lowest BCUT2D eigenvalue weighted by atomic mass is 10.1. The molecule has 0 aromatic rings. The molecule has 0 bridgehead atoms. The molecule has 1 amide bonds. The van der Waals surface area contributed by atoms with Crippen LogP contribution in [0.2, 0.25) is 0 Å². The van der Waals surface area contributed by atoms with Gasteiger partial charge in [-0.25, -0.2) is 0 Å². The van der Waals surface area contributed by atoms with E-state index in [-0.39, 0.29) is 19.4 Å². The highest BCUT2D eigenvalue weighted by atomic mass is 79.9. The fraction of sp³-hybridized carbons (Fsp3) is 0.889. The molecule has 0 spiro atoms. The molecule has 1 aliphatic heterocycles. The molecule has 1 saturated heterocycles. The third-order valence-corrected chi connectivity index (χ3v) is 3.99. The van der Waals surface area contributed by atoms with E-state index in [0.29, 0.717) is 12.8 Å². The number of piperidine rings is 1. The van der Waals surface area contributed by atoms with Crippen LogP contribution in [0.25, 0.3) is 0 Å². The van der Waals surface area contributed by atoms with Crippen molar-refractivity contribution in [1.29, 1.82) is 0 Å². The van der Waals surface area contributed by atoms with Crippen molar-refractivity contribution >= 4 is 21.8 Å². The molecule has 1 atom stereocenters. The molecule has 2 nitrogen and oxygen atoms in total. The second-order valence-corrected chi connectivity index (χ2v) is 5.23. The molecule has 2 rings (SSSR count). The minimum Gasteiger partial charge on any atom is -0.327 e. The number of nitrogens with zero attached hydrogens (tertiary/aromatic N) is 1. The van der Waals surface area contributed by atoms with Gasteiger partial charge in [-0.15, -0.1) is 0 Å². The van der Waals surface area contributed by atoms with Crippen molar-refractivity contribution in [2.45, 2.75) is 42.2 Å². The van der Waals surface area contributed by atoms with Crippen molar-refractivity contribution in [3.05, 3.63) is 0 Å². The summed E-state index contributed by atoms with van der Waals surface area (Å²) in [7, 11) is 0. The van der Waals surface area contributed by atoms with Gasteiger partial charge >= 0.3 is 6.18 Å². The first-order chi connectivity index (χ1) is 6.88. The Morgan fingerprint density at radius 1 is 1.40 bits per heavy atom. The van der Waals surface area contributed by atoms with Gasteiger partial charge in [-0.2, -0.15) is 13.2 Å². The van der Waals surface area contributed by atoms with Gasteiger partial charge in [-0.3, -0.25) is 4.79 Å². The summed E-state index contributed by atoms with van der Waals surface area (Å²) in [5.74, 6) is -0.406. The second kappa shape index (κ2) is 3.37. The number of rotatable bonds is 1. The molecule has 0 N–H and O–H groups in total. The quantitative estimate of drug-likeness (QED) is 0.678. The van der Waals surface area contributed by atoms with Gasteiger partial charge in [-0.1, -0.05) is 15.9 Å². The fourth-order valence-corrected chi connectivity index (χ4v) is 2.65. The predicted molar refractivity (Wildman–Crippen MR) is 51.7 cm³/mol. The van der Waals surface area contributed by atoms with E-state index in [9.17, 15) is 18.0 Å². The zero-order valence-corrected chi connectivity index (χ0v) is 9.57. The summed E-state index contributed by atoms with van der Waals surface area (Å²) in [6.07, 6.45) is -2.90. The molecular weight excluding hydrogens is 275 g/mol. The Morgan fingerprint density at radius 3 is 2.47 bits per heavy atom. The van der Waals surface area contributed by atoms with Gasteiger partial charge in [0, 0.05) is 6.54 Å². The molecular formula is C9H11BrF3NO. The van der Waals surface area contributed by atoms with Crippen LogP contribution >= 0.6 is 15.9 Å². The molecule has 0 aromatic heterocycles. The Morgan fingerprint density at radius 2 is 2.00 bits per heavy atom. The molecule has 86 valence electrons. The van der Waals surface area contributed by atoms with Crippen molar-refractivity contribution < 1.29 is 18.0 Å². The normalized spacial score (nSPS) is 30.5. The fourth-order valence-electron chi connectivity index (χ4n) is 2.08. The van der Waals surface area contributed by atoms with E-state index in [0.717, 1.165) is 4.90 Å². The van der Waals surface area contributed by atoms with E-state index in [1.54, 1.807) is 0 Å². The maximum atomic E-state index is 12.8. The topological polar surface area (TPSA) is 20.3 Å². The highest BCUT2D eigenvalue weighted by Crippen LogP contribution is 2.54. The van der Waals surface area contributed by atoms with Crippen molar-refractivity contribution in [2.24, 2.45) is 0 Å². The molecule has 1 heterocycles. The van der Waals surface area contributed by atoms with E-state index < -0.39 is 22.4 Å². The molecule has 0 aromatic carbocycles. The van der Waals surface area contributed by atoms with Crippen molar-refractivity contribution in [3.8, 4) is 0 Å². The first-order valence-corrected chi connectivity index (χ1v) is 5.82. The third kappa shape index (κ3) is 1.66. The van der Waals surface area contributed by atoms with E-state index in [2.05, 4.69) is 15.9 Å². The van der Waals surface area contributed by atoms with Crippen molar-refractivity contribution in [3.63, 3.8) is 0 Å². The summed E-state index contributed by atoms with van der Waals surface area (Å²) in [6, 6.07) is 0. The number of likely N-dealkylation sites (tertiary alicyclic amines) is 1. The standard InChI is InChI=1S/C9H11BrF3NO/c10-6-2-1-5-14(7(6)15)8(3-4-8)9(11,12)13/h6H,1-5H2. The van der Waals surface area contributed by atoms with Crippen LogP contribution in [-0.4, -0.2) is 33.9 Å². The maximum absolute atomic E-state index is 12.8. The van der Waals surface area contributed by atoms with Crippen LogP contribution in [0, 0.1) is 0 Å². The Hall–Kier alpha value is -0.260. The summed E-state index contributed by atoms with van der Waals surface area (Å²) < 4.78 is 38.3. The smallest absolute Gasteiger partial charge is 0.327 e. The van der Waals surface area contributed by atoms with Gasteiger partial charge in [0.25, 0.3) is 0 Å². The number of alkyl halides is 4. The van der Waals surface area contributed by atoms with Crippen molar-refractivity contribution in [1.82, 2.24) is 4.90 Å². The molecule has 2 aliphatic rings. The number of amides is 1. The molecule has 15 heavy (non-hydrogen) atoms. The van der Waals surface area contributed by atoms with Crippen LogP contribution in [0.1, 0.15) is 25.7 Å². The predicted octanol–water partition coefficient (Wildman–Crippen LogP) is 2.47. The van der Waals surface area contributed by atoms with Crippen LogP contribution < -0.4 is 0 Å². The largest absolute Gasteiger partial charge is 0.411 e. The minimum atomic E-state index is -4.28. The summed E-state index contributed by atoms with van der Waals surface area (Å²) in [6.45, 7) is 0.237. The van der Waals surface area contributed by atoms with Gasteiger partial charge in [0.05, 0.1) is 4.83 Å². The van der Waals surface area contributed by atoms with Gasteiger partial charge in [0.2, 0.25) is 5.91 Å². The zero-order chi connectivity index (χ0) is 11.3. The number of hydrogen-bond donors (Lipinski definition) is 0. The lowest BCUT2D eigenvalue weighted by Crippen LogP contribution is -2.55. The number of halogens is 4. The van der Waals surface area contributed by atoms with E-state index in [1.807, 2.05) is 0 Å². The van der Waals surface area contributed by atoms with Crippen molar-refractivity contribution in [2.75, 3.05) is 6.54 Å². The Labute approximate surface area is 93.9 Å². The summed E-state index contributed by atoms with van der Waals surface area (Å²) in [5.41, 5.74) is -1.84. The van der Waals surface area contributed by atoms with Gasteiger partial charge in [0.1, 0.15) is 5.54 Å². The molecule has 6 heteroatoms. The lowest BCUT2D eigenvalue weighted by molar-refractivity contribution is -0.201. The number of carbonyl (C=O) groups excluding carboxylic acids is 1.